The van der Waals surface area contributed by atoms with Crippen LogP contribution in [0, 0.1) is 6.92 Å². The lowest BCUT2D eigenvalue weighted by atomic mass is 9.94. The molecule has 1 spiro atoms. The van der Waals surface area contributed by atoms with E-state index in [0.717, 1.165) is 25.7 Å². The first kappa shape index (κ1) is 15.9. The number of carbonyl (C=O) groups is 2. The van der Waals surface area contributed by atoms with E-state index in [4.69, 9.17) is 14.0 Å². The maximum Gasteiger partial charge on any atom is 0.314 e. The van der Waals surface area contributed by atoms with Crippen molar-refractivity contribution in [1.29, 1.82) is 0 Å². The van der Waals surface area contributed by atoms with Crippen LogP contribution in [0.4, 0.5) is 5.82 Å². The summed E-state index contributed by atoms with van der Waals surface area (Å²) in [4.78, 5) is 23.5. The Labute approximate surface area is 133 Å². The average molecular weight is 323 g/mol. The van der Waals surface area contributed by atoms with Crippen LogP contribution in [0.15, 0.2) is 10.6 Å². The van der Waals surface area contributed by atoms with Gasteiger partial charge in [-0.2, -0.15) is 0 Å². The third kappa shape index (κ3) is 3.89. The van der Waals surface area contributed by atoms with Gasteiger partial charge in [-0.25, -0.2) is 0 Å². The van der Waals surface area contributed by atoms with Crippen LogP contribution < -0.4 is 10.6 Å². The number of hydrogen-bond acceptors (Lipinski definition) is 6. The maximum absolute atomic E-state index is 11.8. The number of amides is 2. The van der Waals surface area contributed by atoms with Crippen molar-refractivity contribution in [1.82, 2.24) is 10.5 Å². The molecule has 2 fully saturated rings. The van der Waals surface area contributed by atoms with Gasteiger partial charge in [-0.1, -0.05) is 11.6 Å². The van der Waals surface area contributed by atoms with Gasteiger partial charge in [-0.3, -0.25) is 14.9 Å². The summed E-state index contributed by atoms with van der Waals surface area (Å²) >= 11 is 0. The fourth-order valence-electron chi connectivity index (χ4n) is 2.96. The van der Waals surface area contributed by atoms with E-state index in [1.165, 1.54) is 12.5 Å². The molecule has 8 heteroatoms. The molecule has 1 saturated heterocycles. The first-order chi connectivity index (χ1) is 11.1. The van der Waals surface area contributed by atoms with Crippen molar-refractivity contribution >= 4 is 17.6 Å². The molecule has 8 nitrogen and oxygen atoms in total. The molecule has 126 valence electrons. The topological polar surface area (TPSA) is 103 Å². The summed E-state index contributed by atoms with van der Waals surface area (Å²) in [6.07, 6.45) is 4.96. The predicted molar refractivity (Wildman–Crippen MR) is 79.5 cm³/mol. The summed E-state index contributed by atoms with van der Waals surface area (Å²) in [6, 6.07) is 1.53. The SMILES string of the molecule is Cc1cc(NC(=O)C(=O)NCC2COC3(CCCCC3)O2)no1. The van der Waals surface area contributed by atoms with Gasteiger partial charge in [0.05, 0.1) is 6.61 Å². The summed E-state index contributed by atoms with van der Waals surface area (Å²) in [5, 5.41) is 8.53. The minimum atomic E-state index is -0.787. The van der Waals surface area contributed by atoms with Gasteiger partial charge >= 0.3 is 11.8 Å². The van der Waals surface area contributed by atoms with E-state index in [2.05, 4.69) is 15.8 Å². The Morgan fingerprint density at radius 1 is 1.30 bits per heavy atom. The second-order valence-electron chi connectivity index (χ2n) is 6.01. The Bertz CT molecular complexity index is 579. The Morgan fingerprint density at radius 3 is 2.78 bits per heavy atom. The van der Waals surface area contributed by atoms with E-state index in [9.17, 15) is 9.59 Å². The molecular weight excluding hydrogens is 302 g/mol. The van der Waals surface area contributed by atoms with E-state index < -0.39 is 17.6 Å². The molecule has 2 aliphatic rings. The molecule has 1 unspecified atom stereocenters. The summed E-state index contributed by atoms with van der Waals surface area (Å²) in [6.45, 7) is 2.37. The normalized spacial score (nSPS) is 22.9. The smallest absolute Gasteiger partial charge is 0.314 e. The number of ether oxygens (including phenoxy) is 2. The van der Waals surface area contributed by atoms with Crippen LogP contribution in [0.25, 0.3) is 0 Å². The van der Waals surface area contributed by atoms with E-state index in [1.807, 2.05) is 0 Å². The van der Waals surface area contributed by atoms with Gasteiger partial charge < -0.3 is 19.3 Å². The van der Waals surface area contributed by atoms with Gasteiger partial charge in [-0.15, -0.1) is 0 Å². The van der Waals surface area contributed by atoms with E-state index in [-0.39, 0.29) is 18.5 Å². The molecule has 1 aromatic heterocycles. The van der Waals surface area contributed by atoms with E-state index in [1.54, 1.807) is 6.92 Å². The van der Waals surface area contributed by atoms with Crippen LogP contribution in [0.3, 0.4) is 0 Å². The van der Waals surface area contributed by atoms with Crippen LogP contribution in [0.5, 0.6) is 0 Å². The predicted octanol–water partition coefficient (Wildman–Crippen LogP) is 1.11. The summed E-state index contributed by atoms with van der Waals surface area (Å²) in [7, 11) is 0. The first-order valence-electron chi connectivity index (χ1n) is 7.91. The fourth-order valence-corrected chi connectivity index (χ4v) is 2.96. The highest BCUT2D eigenvalue weighted by molar-refractivity contribution is 6.39. The minimum absolute atomic E-state index is 0.212. The average Bonchev–Trinajstić information content (AvgIpc) is 3.12. The summed E-state index contributed by atoms with van der Waals surface area (Å²) in [5.41, 5.74) is 0. The molecule has 1 aliphatic heterocycles. The standard InChI is InChI=1S/C15H21N3O5/c1-10-7-12(18-23-10)17-14(20)13(19)16-8-11-9-21-15(22-11)5-3-2-4-6-15/h7,11H,2-6,8-9H2,1H3,(H,16,19)(H,17,18,20). The van der Waals surface area contributed by atoms with Gasteiger partial charge in [0.1, 0.15) is 11.9 Å². The number of anilines is 1. The van der Waals surface area contributed by atoms with E-state index in [0.29, 0.717) is 12.4 Å². The number of nitrogens with one attached hydrogen (secondary N) is 2. The number of aromatic nitrogens is 1. The van der Waals surface area contributed by atoms with Crippen molar-refractivity contribution in [2.24, 2.45) is 0 Å². The van der Waals surface area contributed by atoms with Crippen molar-refractivity contribution < 1.29 is 23.6 Å². The van der Waals surface area contributed by atoms with Crippen molar-refractivity contribution in [3.63, 3.8) is 0 Å². The molecule has 23 heavy (non-hydrogen) atoms. The Hall–Kier alpha value is -1.93. The molecular formula is C15H21N3O5. The van der Waals surface area contributed by atoms with Crippen molar-refractivity contribution in [3.05, 3.63) is 11.8 Å². The molecule has 1 atom stereocenters. The van der Waals surface area contributed by atoms with Crippen LogP contribution in [0.2, 0.25) is 0 Å². The lowest BCUT2D eigenvalue weighted by molar-refractivity contribution is -0.186. The van der Waals surface area contributed by atoms with Crippen LogP contribution in [-0.2, 0) is 19.1 Å². The number of nitrogens with zero attached hydrogens (tertiary/aromatic N) is 1. The highest BCUT2D eigenvalue weighted by atomic mass is 16.7. The van der Waals surface area contributed by atoms with Gasteiger partial charge in [-0.05, 0) is 19.8 Å². The molecule has 1 aliphatic carbocycles. The van der Waals surface area contributed by atoms with Crippen LogP contribution in [-0.4, -0.2) is 42.0 Å². The van der Waals surface area contributed by atoms with Crippen LogP contribution in [0.1, 0.15) is 37.9 Å². The molecule has 0 radical (unpaired) electrons. The molecule has 0 aromatic carbocycles. The molecule has 1 aromatic rings. The van der Waals surface area contributed by atoms with Gasteiger partial charge in [0.15, 0.2) is 11.6 Å². The zero-order valence-corrected chi connectivity index (χ0v) is 13.1. The second-order valence-corrected chi connectivity index (χ2v) is 6.01. The van der Waals surface area contributed by atoms with Gasteiger partial charge in [0.2, 0.25) is 0 Å². The second kappa shape index (κ2) is 6.67. The van der Waals surface area contributed by atoms with Gasteiger partial charge in [0, 0.05) is 25.5 Å². The number of aryl methyl sites for hydroxylation is 1. The van der Waals surface area contributed by atoms with Gasteiger partial charge in [0.25, 0.3) is 0 Å². The largest absolute Gasteiger partial charge is 0.360 e. The fraction of sp³-hybridized carbons (Fsp3) is 0.667. The molecule has 2 heterocycles. The summed E-state index contributed by atoms with van der Waals surface area (Å²) < 4.78 is 16.6. The number of rotatable bonds is 3. The van der Waals surface area contributed by atoms with Crippen molar-refractivity contribution in [2.45, 2.75) is 50.9 Å². The molecule has 2 N–H and O–H groups in total. The summed E-state index contributed by atoms with van der Waals surface area (Å²) in [5.74, 6) is -1.24. The zero-order valence-electron chi connectivity index (χ0n) is 13.1. The molecule has 1 saturated carbocycles. The molecule has 0 bridgehead atoms. The lowest BCUT2D eigenvalue weighted by Gasteiger charge is -2.31. The minimum Gasteiger partial charge on any atom is -0.360 e. The van der Waals surface area contributed by atoms with Crippen molar-refractivity contribution in [3.8, 4) is 0 Å². The molecule has 2 amide bonds. The Morgan fingerprint density at radius 2 is 2.09 bits per heavy atom. The first-order valence-corrected chi connectivity index (χ1v) is 7.91. The zero-order chi connectivity index (χ0) is 16.3. The maximum atomic E-state index is 11.8. The number of carbonyl (C=O) groups excluding carboxylic acids is 2. The molecule has 3 rings (SSSR count). The lowest BCUT2D eigenvalue weighted by Crippen LogP contribution is -2.41. The monoisotopic (exact) mass is 323 g/mol. The van der Waals surface area contributed by atoms with E-state index >= 15 is 0 Å². The Balaban J connectivity index is 1.43. The highest BCUT2D eigenvalue weighted by Gasteiger charge is 2.42. The van der Waals surface area contributed by atoms with Crippen LogP contribution >= 0.6 is 0 Å². The van der Waals surface area contributed by atoms with Crippen molar-refractivity contribution in [2.75, 3.05) is 18.5 Å². The third-order valence-corrected chi connectivity index (χ3v) is 4.10. The number of hydrogen-bond donors (Lipinski definition) is 2. The quantitative estimate of drug-likeness (QED) is 0.808. The Kier molecular flexibility index (Phi) is 4.63. The highest BCUT2D eigenvalue weighted by Crippen LogP contribution is 2.37. The third-order valence-electron chi connectivity index (χ3n) is 4.10.